The minimum atomic E-state index is -3.58. The average Bonchev–Trinajstić information content (AvgIpc) is 2.26. The quantitative estimate of drug-likeness (QED) is 0.757. The fourth-order valence-corrected chi connectivity index (χ4v) is 3.57. The van der Waals surface area contributed by atoms with E-state index in [0.717, 1.165) is 0 Å². The molecule has 1 aromatic rings. The number of anilines is 1. The van der Waals surface area contributed by atoms with Gasteiger partial charge >= 0.3 is 0 Å². The van der Waals surface area contributed by atoms with Crippen molar-refractivity contribution in [1.82, 2.24) is 4.31 Å². The first-order valence-corrected chi connectivity index (χ1v) is 6.86. The number of hydrogen-bond donors (Lipinski definition) is 2. The Balaban J connectivity index is 2.31. The summed E-state index contributed by atoms with van der Waals surface area (Å²) in [6.45, 7) is 1.80. The van der Waals surface area contributed by atoms with E-state index in [4.69, 9.17) is 10.5 Å². The van der Waals surface area contributed by atoms with E-state index in [1.165, 1.54) is 29.6 Å². The van der Waals surface area contributed by atoms with Gasteiger partial charge in [0.1, 0.15) is 5.75 Å². The summed E-state index contributed by atoms with van der Waals surface area (Å²) < 4.78 is 30.6. The highest BCUT2D eigenvalue weighted by atomic mass is 32.2. The fourth-order valence-electron chi connectivity index (χ4n) is 1.88. The van der Waals surface area contributed by atoms with Gasteiger partial charge in [-0.1, -0.05) is 0 Å². The summed E-state index contributed by atoms with van der Waals surface area (Å²) >= 11 is 0. The minimum absolute atomic E-state index is 0.0992. The average molecular weight is 272 g/mol. The van der Waals surface area contributed by atoms with Crippen LogP contribution in [0.1, 0.15) is 6.92 Å². The van der Waals surface area contributed by atoms with E-state index in [9.17, 15) is 13.5 Å². The summed E-state index contributed by atoms with van der Waals surface area (Å²) in [6.07, 6.45) is 0. The van der Waals surface area contributed by atoms with Crippen molar-refractivity contribution in [3.8, 4) is 5.75 Å². The summed E-state index contributed by atoms with van der Waals surface area (Å²) in [5, 5.41) is 9.59. The van der Waals surface area contributed by atoms with Gasteiger partial charge < -0.3 is 15.6 Å². The van der Waals surface area contributed by atoms with Gasteiger partial charge in [-0.3, -0.25) is 0 Å². The maximum atomic E-state index is 12.2. The van der Waals surface area contributed by atoms with Crippen molar-refractivity contribution >= 4 is 15.7 Å². The van der Waals surface area contributed by atoms with E-state index < -0.39 is 15.6 Å². The van der Waals surface area contributed by atoms with Crippen molar-refractivity contribution in [2.24, 2.45) is 0 Å². The monoisotopic (exact) mass is 272 g/mol. The Morgan fingerprint density at radius 2 is 2.06 bits per heavy atom. The van der Waals surface area contributed by atoms with Crippen molar-refractivity contribution in [2.75, 3.05) is 25.9 Å². The summed E-state index contributed by atoms with van der Waals surface area (Å²) in [7, 11) is -2.16. The third-order valence-electron chi connectivity index (χ3n) is 2.88. The molecule has 0 radical (unpaired) electrons. The van der Waals surface area contributed by atoms with Crippen LogP contribution in [0, 0.1) is 0 Å². The highest BCUT2D eigenvalue weighted by Gasteiger charge is 2.43. The number of nitrogen functional groups attached to an aromatic ring is 1. The number of aliphatic hydroxyl groups is 1. The van der Waals surface area contributed by atoms with Crippen LogP contribution in [0.25, 0.3) is 0 Å². The second kappa shape index (κ2) is 4.11. The summed E-state index contributed by atoms with van der Waals surface area (Å²) in [6, 6.07) is 4.31. The van der Waals surface area contributed by atoms with Crippen LogP contribution in [-0.4, -0.2) is 43.6 Å². The van der Waals surface area contributed by atoms with E-state index in [0.29, 0.717) is 11.4 Å². The van der Waals surface area contributed by atoms with Gasteiger partial charge in [0.15, 0.2) is 0 Å². The standard InChI is InChI=1S/C11H16N2O4S/c1-11(14)6-13(7-11)18(15,16)8-3-4-9(12)10(5-8)17-2/h3-5,14H,6-7,12H2,1-2H3. The van der Waals surface area contributed by atoms with E-state index in [2.05, 4.69) is 0 Å². The first-order chi connectivity index (χ1) is 8.26. The van der Waals surface area contributed by atoms with Crippen molar-refractivity contribution < 1.29 is 18.3 Å². The maximum absolute atomic E-state index is 12.2. The van der Waals surface area contributed by atoms with Gasteiger partial charge in [0.05, 0.1) is 23.3 Å². The number of methoxy groups -OCH3 is 1. The Morgan fingerprint density at radius 3 is 2.56 bits per heavy atom. The molecule has 0 spiro atoms. The molecule has 1 aliphatic rings. The van der Waals surface area contributed by atoms with Gasteiger partial charge in [0.25, 0.3) is 0 Å². The zero-order valence-electron chi connectivity index (χ0n) is 10.3. The summed E-state index contributed by atoms with van der Waals surface area (Å²) in [4.78, 5) is 0.115. The lowest BCUT2D eigenvalue weighted by molar-refractivity contribution is -0.0426. The van der Waals surface area contributed by atoms with Crippen LogP contribution in [0.2, 0.25) is 0 Å². The van der Waals surface area contributed by atoms with Gasteiger partial charge in [-0.25, -0.2) is 8.42 Å². The molecule has 1 saturated heterocycles. The number of β-amino-alcohol motifs (C(OH)–C–C–N with tert-alkyl or cyclic N) is 1. The number of nitrogens with zero attached hydrogens (tertiary/aromatic N) is 1. The molecule has 0 aliphatic carbocycles. The predicted octanol–water partition coefficient (Wildman–Crippen LogP) is 0.0327. The van der Waals surface area contributed by atoms with Gasteiger partial charge in [-0.2, -0.15) is 4.31 Å². The van der Waals surface area contributed by atoms with Gasteiger partial charge in [0.2, 0.25) is 10.0 Å². The Labute approximate surface area is 106 Å². The Kier molecular flexibility index (Phi) is 3.00. The Hall–Kier alpha value is -1.31. The predicted molar refractivity (Wildman–Crippen MR) is 66.8 cm³/mol. The molecular weight excluding hydrogens is 256 g/mol. The van der Waals surface area contributed by atoms with Gasteiger partial charge in [0, 0.05) is 19.2 Å². The largest absolute Gasteiger partial charge is 0.495 e. The van der Waals surface area contributed by atoms with Crippen molar-refractivity contribution in [3.63, 3.8) is 0 Å². The number of rotatable bonds is 3. The Morgan fingerprint density at radius 1 is 1.44 bits per heavy atom. The first-order valence-electron chi connectivity index (χ1n) is 5.42. The molecule has 3 N–H and O–H groups in total. The zero-order chi connectivity index (χ0) is 13.6. The second-order valence-electron chi connectivity index (χ2n) is 4.67. The number of benzene rings is 1. The van der Waals surface area contributed by atoms with Crippen LogP contribution >= 0.6 is 0 Å². The Bertz CT molecular complexity index is 560. The first kappa shape index (κ1) is 13.1. The van der Waals surface area contributed by atoms with Crippen molar-refractivity contribution in [3.05, 3.63) is 18.2 Å². The van der Waals surface area contributed by atoms with Crippen LogP contribution < -0.4 is 10.5 Å². The lowest BCUT2D eigenvalue weighted by Crippen LogP contribution is -2.61. The highest BCUT2D eigenvalue weighted by molar-refractivity contribution is 7.89. The summed E-state index contributed by atoms with van der Waals surface area (Å²) in [5.41, 5.74) is 5.08. The molecule has 1 aliphatic heterocycles. The fraction of sp³-hybridized carbons (Fsp3) is 0.455. The van der Waals surface area contributed by atoms with E-state index in [-0.39, 0.29) is 18.0 Å². The zero-order valence-corrected chi connectivity index (χ0v) is 11.1. The molecule has 1 heterocycles. The molecule has 7 heteroatoms. The number of nitrogens with two attached hydrogens (primary N) is 1. The molecule has 0 atom stereocenters. The number of sulfonamides is 1. The lowest BCUT2D eigenvalue weighted by atomic mass is 10.0. The van der Waals surface area contributed by atoms with Crippen LogP contribution in [-0.2, 0) is 10.0 Å². The van der Waals surface area contributed by atoms with Crippen molar-refractivity contribution in [1.29, 1.82) is 0 Å². The van der Waals surface area contributed by atoms with E-state index in [1.807, 2.05) is 0 Å². The van der Waals surface area contributed by atoms with E-state index in [1.54, 1.807) is 6.92 Å². The van der Waals surface area contributed by atoms with Crippen LogP contribution in [0.3, 0.4) is 0 Å². The SMILES string of the molecule is COc1cc(S(=O)(=O)N2CC(C)(O)C2)ccc1N. The molecule has 0 bridgehead atoms. The highest BCUT2D eigenvalue weighted by Crippen LogP contribution is 2.31. The molecule has 0 aromatic heterocycles. The molecule has 100 valence electrons. The smallest absolute Gasteiger partial charge is 0.243 e. The van der Waals surface area contributed by atoms with Crippen LogP contribution in [0.15, 0.2) is 23.1 Å². The third-order valence-corrected chi connectivity index (χ3v) is 4.66. The van der Waals surface area contributed by atoms with Crippen LogP contribution in [0.4, 0.5) is 5.69 Å². The van der Waals surface area contributed by atoms with Gasteiger partial charge in [-0.05, 0) is 19.1 Å². The molecule has 1 aromatic carbocycles. The lowest BCUT2D eigenvalue weighted by Gasteiger charge is -2.42. The molecular formula is C11H16N2O4S. The molecule has 6 nitrogen and oxygen atoms in total. The third kappa shape index (κ3) is 2.16. The second-order valence-corrected chi connectivity index (χ2v) is 6.61. The molecule has 0 unspecified atom stereocenters. The normalized spacial score (nSPS) is 19.3. The van der Waals surface area contributed by atoms with Crippen LogP contribution in [0.5, 0.6) is 5.75 Å². The number of ether oxygens (including phenoxy) is 1. The molecule has 2 rings (SSSR count). The van der Waals surface area contributed by atoms with Crippen molar-refractivity contribution in [2.45, 2.75) is 17.4 Å². The topological polar surface area (TPSA) is 92.9 Å². The molecule has 0 saturated carbocycles. The molecule has 1 fully saturated rings. The maximum Gasteiger partial charge on any atom is 0.243 e. The molecule has 0 amide bonds. The summed E-state index contributed by atoms with van der Waals surface area (Å²) in [5.74, 6) is 0.323. The molecule has 18 heavy (non-hydrogen) atoms. The number of hydrogen-bond acceptors (Lipinski definition) is 5. The van der Waals surface area contributed by atoms with Gasteiger partial charge in [-0.15, -0.1) is 0 Å². The minimum Gasteiger partial charge on any atom is -0.495 e. The van der Waals surface area contributed by atoms with E-state index >= 15 is 0 Å².